The number of benzene rings is 2. The first kappa shape index (κ1) is 48.4. The van der Waals surface area contributed by atoms with E-state index in [0.717, 1.165) is 5.56 Å². The van der Waals surface area contributed by atoms with E-state index in [9.17, 15) is 18.0 Å². The van der Waals surface area contributed by atoms with E-state index < -0.39 is 10.1 Å². The number of nitrogens with zero attached hydrogens (tertiary/aromatic N) is 1. The van der Waals surface area contributed by atoms with E-state index in [1.54, 1.807) is 36.4 Å². The van der Waals surface area contributed by atoms with E-state index >= 15 is 0 Å². The van der Waals surface area contributed by atoms with E-state index in [4.69, 9.17) is 56.3 Å². The summed E-state index contributed by atoms with van der Waals surface area (Å²) in [7, 11) is -3.78. The molecule has 0 spiro atoms. The Labute approximate surface area is 336 Å². The summed E-state index contributed by atoms with van der Waals surface area (Å²) >= 11 is 0. The van der Waals surface area contributed by atoms with Crippen molar-refractivity contribution in [3.8, 4) is 0 Å². The summed E-state index contributed by atoms with van der Waals surface area (Å²) in [6.45, 7) is 11.0. The average molecular weight is 830 g/mol. The van der Waals surface area contributed by atoms with Crippen LogP contribution in [0.4, 0.5) is 0 Å². The zero-order valence-corrected chi connectivity index (χ0v) is 33.8. The molecule has 0 N–H and O–H groups in total. The van der Waals surface area contributed by atoms with Crippen LogP contribution in [0.2, 0.25) is 0 Å². The molecule has 0 unspecified atom stereocenters. The molecule has 2 aromatic carbocycles. The summed E-state index contributed by atoms with van der Waals surface area (Å²) in [5, 5.41) is 0. The summed E-state index contributed by atoms with van der Waals surface area (Å²) in [5.41, 5.74) is 1.84. The standard InChI is InChI=1S/C39H59NO16S/c1-34-6-8-35(9-7-34)57(43,44)56-33-32-55-31-30-54-29-28-53-27-26-52-25-24-51-23-22-50-21-20-49-19-18-48-17-16-47-15-14-46-13-12-45-11-10-40-38(41)36-4-2-3-5-37(36)39(40)42/h2-9H,10-33H2,1H3. The predicted octanol–water partition coefficient (Wildman–Crippen LogP) is 2.18. The normalized spacial score (nSPS) is 12.9. The summed E-state index contributed by atoms with van der Waals surface area (Å²) in [5.74, 6) is -0.570. The molecule has 0 aliphatic carbocycles. The van der Waals surface area contributed by atoms with Crippen LogP contribution in [-0.2, 0) is 66.4 Å². The fourth-order valence-corrected chi connectivity index (χ4v) is 5.77. The van der Waals surface area contributed by atoms with Gasteiger partial charge < -0.3 is 52.1 Å². The monoisotopic (exact) mass is 829 g/mol. The number of ether oxygens (including phenoxy) is 11. The van der Waals surface area contributed by atoms with Gasteiger partial charge in [-0.1, -0.05) is 29.8 Å². The van der Waals surface area contributed by atoms with Crippen molar-refractivity contribution in [2.45, 2.75) is 11.8 Å². The lowest BCUT2D eigenvalue weighted by Crippen LogP contribution is -2.33. The largest absolute Gasteiger partial charge is 0.377 e. The molecule has 0 saturated heterocycles. The molecule has 1 heterocycles. The van der Waals surface area contributed by atoms with Gasteiger partial charge in [0.05, 0.1) is 175 Å². The molecule has 3 rings (SSSR count). The second-order valence-electron chi connectivity index (χ2n) is 12.1. The third-order valence-corrected chi connectivity index (χ3v) is 9.16. The van der Waals surface area contributed by atoms with Crippen molar-refractivity contribution in [1.82, 2.24) is 4.90 Å². The first-order valence-electron chi connectivity index (χ1n) is 19.2. The third-order valence-electron chi connectivity index (χ3n) is 7.83. The number of imide groups is 1. The van der Waals surface area contributed by atoms with Gasteiger partial charge in [-0.05, 0) is 31.2 Å². The lowest BCUT2D eigenvalue weighted by Gasteiger charge is -2.13. The number of amides is 2. The number of rotatable bonds is 38. The van der Waals surface area contributed by atoms with E-state index in [-0.39, 0.29) is 43.1 Å². The molecule has 0 bridgehead atoms. The maximum absolute atomic E-state index is 12.3. The van der Waals surface area contributed by atoms with Gasteiger partial charge in [0.1, 0.15) is 0 Å². The smallest absolute Gasteiger partial charge is 0.297 e. The van der Waals surface area contributed by atoms with Gasteiger partial charge in [0.15, 0.2) is 0 Å². The molecular weight excluding hydrogens is 770 g/mol. The van der Waals surface area contributed by atoms with Crippen LogP contribution in [-0.4, -0.2) is 184 Å². The number of hydrogen-bond donors (Lipinski definition) is 0. The Morgan fingerprint density at radius 2 is 0.684 bits per heavy atom. The van der Waals surface area contributed by atoms with Gasteiger partial charge in [0.2, 0.25) is 0 Å². The van der Waals surface area contributed by atoms with Gasteiger partial charge in [0.25, 0.3) is 21.9 Å². The Morgan fingerprint density at radius 3 is 1.00 bits per heavy atom. The van der Waals surface area contributed by atoms with Crippen molar-refractivity contribution in [3.05, 3.63) is 65.2 Å². The Balaban J connectivity index is 0.917. The molecule has 0 atom stereocenters. The molecule has 0 aromatic heterocycles. The Bertz CT molecular complexity index is 1430. The fraction of sp³-hybridized carbons (Fsp3) is 0.641. The van der Waals surface area contributed by atoms with Crippen LogP contribution in [0, 0.1) is 6.92 Å². The first-order valence-corrected chi connectivity index (χ1v) is 20.6. The van der Waals surface area contributed by atoms with Gasteiger partial charge in [-0.15, -0.1) is 0 Å². The van der Waals surface area contributed by atoms with E-state index in [0.29, 0.717) is 143 Å². The fourth-order valence-electron chi connectivity index (χ4n) is 4.87. The second kappa shape index (κ2) is 31.0. The zero-order chi connectivity index (χ0) is 40.7. The van der Waals surface area contributed by atoms with Crippen molar-refractivity contribution in [2.75, 3.05) is 159 Å². The molecule has 2 aromatic rings. The minimum absolute atomic E-state index is 0.0681. The number of carbonyl (C=O) groups is 2. The maximum Gasteiger partial charge on any atom is 0.297 e. The first-order chi connectivity index (χ1) is 27.9. The second-order valence-corrected chi connectivity index (χ2v) is 13.7. The SMILES string of the molecule is Cc1ccc(S(=O)(=O)OCCOCCOCCOCCOCCOCCOCCOCCOCCOCCOCCOCCN2C(=O)c3ccccc3C2=O)cc1. The summed E-state index contributed by atoms with van der Waals surface area (Å²) in [6, 6.07) is 13.3. The minimum Gasteiger partial charge on any atom is -0.377 e. The quantitative estimate of drug-likeness (QED) is 0.0545. The number of aryl methyl sites for hydroxylation is 1. The van der Waals surface area contributed by atoms with Crippen LogP contribution in [0.5, 0.6) is 0 Å². The Hall–Kier alpha value is -2.95. The molecule has 17 nitrogen and oxygen atoms in total. The van der Waals surface area contributed by atoms with Crippen LogP contribution in [0.15, 0.2) is 53.4 Å². The van der Waals surface area contributed by atoms with Crippen LogP contribution in [0.3, 0.4) is 0 Å². The maximum atomic E-state index is 12.3. The molecule has 1 aliphatic rings. The number of fused-ring (bicyclic) bond motifs is 1. The van der Waals surface area contributed by atoms with Gasteiger partial charge >= 0.3 is 0 Å². The zero-order valence-electron chi connectivity index (χ0n) is 33.0. The summed E-state index contributed by atoms with van der Waals surface area (Å²) in [6.07, 6.45) is 0. The highest BCUT2D eigenvalue weighted by Gasteiger charge is 2.34. The van der Waals surface area contributed by atoms with Gasteiger partial charge in [-0.25, -0.2) is 0 Å². The highest BCUT2D eigenvalue weighted by molar-refractivity contribution is 7.86. The number of hydrogen-bond acceptors (Lipinski definition) is 16. The van der Waals surface area contributed by atoms with Crippen molar-refractivity contribution >= 4 is 21.9 Å². The molecule has 2 amide bonds. The predicted molar refractivity (Wildman–Crippen MR) is 205 cm³/mol. The third kappa shape index (κ3) is 21.6. The van der Waals surface area contributed by atoms with Crippen LogP contribution in [0.1, 0.15) is 26.3 Å². The van der Waals surface area contributed by atoms with Crippen molar-refractivity contribution < 1.29 is 74.3 Å². The Morgan fingerprint density at radius 1 is 0.404 bits per heavy atom. The van der Waals surface area contributed by atoms with Crippen LogP contribution >= 0.6 is 0 Å². The average Bonchev–Trinajstić information content (AvgIpc) is 3.45. The van der Waals surface area contributed by atoms with Crippen LogP contribution in [0.25, 0.3) is 0 Å². The molecule has 1 aliphatic heterocycles. The topological polar surface area (TPSA) is 182 Å². The summed E-state index contributed by atoms with van der Waals surface area (Å²) in [4.78, 5) is 26.0. The molecule has 0 radical (unpaired) electrons. The number of carbonyl (C=O) groups excluding carboxylic acids is 2. The molecule has 0 saturated carbocycles. The van der Waals surface area contributed by atoms with Crippen LogP contribution < -0.4 is 0 Å². The van der Waals surface area contributed by atoms with E-state index in [1.165, 1.54) is 17.0 Å². The summed E-state index contributed by atoms with van der Waals surface area (Å²) < 4.78 is 89.2. The molecule has 57 heavy (non-hydrogen) atoms. The lowest BCUT2D eigenvalue weighted by atomic mass is 10.1. The molecule has 18 heteroatoms. The van der Waals surface area contributed by atoms with Gasteiger partial charge in [-0.2, -0.15) is 8.42 Å². The lowest BCUT2D eigenvalue weighted by molar-refractivity contribution is -0.0278. The molecule has 322 valence electrons. The highest BCUT2D eigenvalue weighted by Crippen LogP contribution is 2.22. The van der Waals surface area contributed by atoms with Crippen molar-refractivity contribution in [2.24, 2.45) is 0 Å². The highest BCUT2D eigenvalue weighted by atomic mass is 32.2. The Kier molecular flexibility index (Phi) is 26.4. The van der Waals surface area contributed by atoms with E-state index in [1.807, 2.05) is 6.92 Å². The molecular formula is C39H59NO16S. The van der Waals surface area contributed by atoms with Gasteiger partial charge in [0, 0.05) is 0 Å². The van der Waals surface area contributed by atoms with Gasteiger partial charge in [-0.3, -0.25) is 18.7 Å². The minimum atomic E-state index is -3.78. The molecule has 0 fully saturated rings. The van der Waals surface area contributed by atoms with Crippen molar-refractivity contribution in [3.63, 3.8) is 0 Å². The van der Waals surface area contributed by atoms with E-state index in [2.05, 4.69) is 0 Å². The van der Waals surface area contributed by atoms with Crippen molar-refractivity contribution in [1.29, 1.82) is 0 Å².